The quantitative estimate of drug-likeness (QED) is 0.572. The van der Waals surface area contributed by atoms with Crippen LogP contribution in [0.3, 0.4) is 0 Å². The molecule has 1 aromatic carbocycles. The number of carbonyl (C=O) groups is 1. The van der Waals surface area contributed by atoms with Crippen LogP contribution >= 0.6 is 0 Å². The first-order chi connectivity index (χ1) is 13.2. The molecule has 0 fully saturated rings. The number of ether oxygens (including phenoxy) is 1. The van der Waals surface area contributed by atoms with E-state index < -0.39 is 0 Å². The van der Waals surface area contributed by atoms with Crippen molar-refractivity contribution in [1.82, 2.24) is 9.47 Å². The molecule has 0 N–H and O–H groups in total. The standard InChI is InChI=1S/C23H32N2O2/c1-3-4-5-6-7-8-14-22(26)25-17-16-24-15-10-13-21(24)23(25)19-11-9-12-20(18-19)27-2/h9-13,15,18,23H,3-8,14,16-17H2,1-2H3. The molecular formula is C23H32N2O2. The van der Waals surface area contributed by atoms with Crippen LogP contribution in [-0.4, -0.2) is 29.0 Å². The Balaban J connectivity index is 1.72. The third-order valence-electron chi connectivity index (χ3n) is 5.51. The summed E-state index contributed by atoms with van der Waals surface area (Å²) in [6.45, 7) is 3.86. The number of amides is 1. The minimum atomic E-state index is -0.0311. The second-order valence-corrected chi connectivity index (χ2v) is 7.41. The summed E-state index contributed by atoms with van der Waals surface area (Å²) in [6, 6.07) is 12.3. The van der Waals surface area contributed by atoms with E-state index in [1.807, 2.05) is 12.1 Å². The second kappa shape index (κ2) is 9.63. The van der Waals surface area contributed by atoms with E-state index in [-0.39, 0.29) is 11.9 Å². The van der Waals surface area contributed by atoms with Crippen molar-refractivity contribution in [2.45, 2.75) is 64.5 Å². The predicted octanol–water partition coefficient (Wildman–Crippen LogP) is 5.18. The van der Waals surface area contributed by atoms with E-state index in [9.17, 15) is 4.79 Å². The van der Waals surface area contributed by atoms with Crippen molar-refractivity contribution < 1.29 is 9.53 Å². The average Bonchev–Trinajstić information content (AvgIpc) is 3.18. The third-order valence-corrected chi connectivity index (χ3v) is 5.51. The number of nitrogens with zero attached hydrogens (tertiary/aromatic N) is 2. The molecule has 1 atom stereocenters. The highest BCUT2D eigenvalue weighted by molar-refractivity contribution is 5.77. The molecule has 0 saturated carbocycles. The monoisotopic (exact) mass is 368 g/mol. The number of rotatable bonds is 9. The number of hydrogen-bond acceptors (Lipinski definition) is 2. The Morgan fingerprint density at radius 3 is 2.70 bits per heavy atom. The van der Waals surface area contributed by atoms with Gasteiger partial charge in [-0.05, 0) is 36.2 Å². The molecule has 2 heterocycles. The van der Waals surface area contributed by atoms with Gasteiger partial charge in [-0.3, -0.25) is 4.79 Å². The lowest BCUT2D eigenvalue weighted by molar-refractivity contribution is -0.134. The van der Waals surface area contributed by atoms with E-state index in [4.69, 9.17) is 4.74 Å². The maximum Gasteiger partial charge on any atom is 0.223 e. The number of unbranched alkanes of at least 4 members (excludes halogenated alkanes) is 5. The summed E-state index contributed by atoms with van der Waals surface area (Å²) >= 11 is 0. The maximum atomic E-state index is 13.0. The van der Waals surface area contributed by atoms with E-state index in [1.165, 1.54) is 31.4 Å². The van der Waals surface area contributed by atoms with Crippen molar-refractivity contribution in [2.75, 3.05) is 13.7 Å². The number of hydrogen-bond donors (Lipinski definition) is 0. The minimum Gasteiger partial charge on any atom is -0.497 e. The fourth-order valence-electron chi connectivity index (χ4n) is 4.01. The minimum absolute atomic E-state index is 0.0311. The van der Waals surface area contributed by atoms with Gasteiger partial charge in [0.15, 0.2) is 0 Å². The summed E-state index contributed by atoms with van der Waals surface area (Å²) in [6.07, 6.45) is 9.98. The fourth-order valence-corrected chi connectivity index (χ4v) is 4.01. The van der Waals surface area contributed by atoms with Crippen LogP contribution in [0.25, 0.3) is 0 Å². The third kappa shape index (κ3) is 4.74. The molecule has 2 aromatic rings. The summed E-state index contributed by atoms with van der Waals surface area (Å²) in [5.41, 5.74) is 2.30. The zero-order valence-electron chi connectivity index (χ0n) is 16.7. The smallest absolute Gasteiger partial charge is 0.223 e. The molecule has 1 aromatic heterocycles. The van der Waals surface area contributed by atoms with Gasteiger partial charge >= 0.3 is 0 Å². The number of fused-ring (bicyclic) bond motifs is 1. The van der Waals surface area contributed by atoms with Gasteiger partial charge < -0.3 is 14.2 Å². The van der Waals surface area contributed by atoms with Crippen molar-refractivity contribution >= 4 is 5.91 Å². The molecule has 1 aliphatic rings. The van der Waals surface area contributed by atoms with Crippen LogP contribution in [0.2, 0.25) is 0 Å². The van der Waals surface area contributed by atoms with Crippen molar-refractivity contribution in [1.29, 1.82) is 0 Å². The highest BCUT2D eigenvalue weighted by Crippen LogP contribution is 2.34. The van der Waals surface area contributed by atoms with Crippen LogP contribution in [0.5, 0.6) is 5.75 Å². The van der Waals surface area contributed by atoms with Crippen LogP contribution in [0, 0.1) is 0 Å². The van der Waals surface area contributed by atoms with Crippen molar-refractivity contribution in [2.24, 2.45) is 0 Å². The van der Waals surface area contributed by atoms with Crippen LogP contribution in [0.15, 0.2) is 42.6 Å². The normalized spacial score (nSPS) is 16.2. The van der Waals surface area contributed by atoms with E-state index in [0.29, 0.717) is 6.42 Å². The summed E-state index contributed by atoms with van der Waals surface area (Å²) in [4.78, 5) is 15.1. The largest absolute Gasteiger partial charge is 0.497 e. The zero-order chi connectivity index (χ0) is 19.1. The highest BCUT2D eigenvalue weighted by Gasteiger charge is 2.31. The van der Waals surface area contributed by atoms with E-state index >= 15 is 0 Å². The van der Waals surface area contributed by atoms with Crippen molar-refractivity contribution in [3.05, 3.63) is 53.9 Å². The summed E-state index contributed by atoms with van der Waals surface area (Å²) in [7, 11) is 1.68. The van der Waals surface area contributed by atoms with Crippen molar-refractivity contribution in [3.8, 4) is 5.75 Å². The molecule has 1 amide bonds. The van der Waals surface area contributed by atoms with E-state index in [0.717, 1.165) is 37.2 Å². The van der Waals surface area contributed by atoms with Gasteiger partial charge in [-0.25, -0.2) is 0 Å². The molecule has 0 saturated heterocycles. The van der Waals surface area contributed by atoms with Gasteiger partial charge in [0.25, 0.3) is 0 Å². The van der Waals surface area contributed by atoms with Crippen LogP contribution in [-0.2, 0) is 11.3 Å². The molecule has 0 aliphatic carbocycles. The van der Waals surface area contributed by atoms with Crippen LogP contribution < -0.4 is 4.74 Å². The molecule has 0 spiro atoms. The molecule has 146 valence electrons. The lowest BCUT2D eigenvalue weighted by Crippen LogP contribution is -2.42. The van der Waals surface area contributed by atoms with E-state index in [2.05, 4.69) is 46.9 Å². The zero-order valence-corrected chi connectivity index (χ0v) is 16.7. The molecule has 4 heteroatoms. The summed E-state index contributed by atoms with van der Waals surface area (Å²) in [5, 5.41) is 0. The predicted molar refractivity (Wildman–Crippen MR) is 109 cm³/mol. The van der Waals surface area contributed by atoms with Crippen LogP contribution in [0.4, 0.5) is 0 Å². The first-order valence-electron chi connectivity index (χ1n) is 10.3. The Kier molecular flexibility index (Phi) is 6.97. The van der Waals surface area contributed by atoms with Gasteiger partial charge in [0.2, 0.25) is 5.91 Å². The SMILES string of the molecule is CCCCCCCCC(=O)N1CCn2cccc2C1c1cccc(OC)c1. The lowest BCUT2D eigenvalue weighted by atomic mass is 9.98. The first kappa shape index (κ1) is 19.5. The summed E-state index contributed by atoms with van der Waals surface area (Å²) < 4.78 is 7.67. The average molecular weight is 369 g/mol. The summed E-state index contributed by atoms with van der Waals surface area (Å²) in [5.74, 6) is 1.10. The molecule has 3 rings (SSSR count). The van der Waals surface area contributed by atoms with Gasteiger partial charge in [-0.15, -0.1) is 0 Å². The number of carbonyl (C=O) groups excluding carboxylic acids is 1. The Morgan fingerprint density at radius 1 is 1.07 bits per heavy atom. The van der Waals surface area contributed by atoms with Crippen LogP contribution in [0.1, 0.15) is 69.2 Å². The van der Waals surface area contributed by atoms with Crippen molar-refractivity contribution in [3.63, 3.8) is 0 Å². The van der Waals surface area contributed by atoms with Gasteiger partial charge in [0, 0.05) is 31.4 Å². The van der Waals surface area contributed by atoms with E-state index in [1.54, 1.807) is 7.11 Å². The molecule has 0 radical (unpaired) electrons. The van der Waals surface area contributed by atoms with Gasteiger partial charge in [-0.1, -0.05) is 51.2 Å². The molecule has 0 bridgehead atoms. The van der Waals surface area contributed by atoms with Gasteiger partial charge in [0.05, 0.1) is 13.2 Å². The molecule has 27 heavy (non-hydrogen) atoms. The molecule has 1 aliphatic heterocycles. The lowest BCUT2D eigenvalue weighted by Gasteiger charge is -2.37. The number of benzene rings is 1. The Morgan fingerprint density at radius 2 is 1.89 bits per heavy atom. The van der Waals surface area contributed by atoms with Gasteiger partial charge in [-0.2, -0.15) is 0 Å². The first-order valence-corrected chi connectivity index (χ1v) is 10.3. The number of aromatic nitrogens is 1. The topological polar surface area (TPSA) is 34.5 Å². The fraction of sp³-hybridized carbons (Fsp3) is 0.522. The Hall–Kier alpha value is -2.23. The second-order valence-electron chi connectivity index (χ2n) is 7.41. The van der Waals surface area contributed by atoms with Gasteiger partial charge in [0.1, 0.15) is 5.75 Å². The Bertz CT molecular complexity index is 737. The number of methoxy groups -OCH3 is 1. The highest BCUT2D eigenvalue weighted by atomic mass is 16.5. The molecule has 4 nitrogen and oxygen atoms in total. The molecular weight excluding hydrogens is 336 g/mol. The Labute approximate surface area is 163 Å². The molecule has 1 unspecified atom stereocenters. The maximum absolute atomic E-state index is 13.0.